The summed E-state index contributed by atoms with van der Waals surface area (Å²) in [6, 6.07) is 9.23. The molecule has 0 unspecified atom stereocenters. The molecule has 1 saturated heterocycles. The molecule has 188 valence electrons. The maximum Gasteiger partial charge on any atom is 0.247 e. The van der Waals surface area contributed by atoms with Gasteiger partial charge >= 0.3 is 0 Å². The molecule has 0 saturated carbocycles. The predicted octanol–water partition coefficient (Wildman–Crippen LogP) is 4.16. The topological polar surface area (TPSA) is 79.0 Å². The van der Waals surface area contributed by atoms with E-state index in [-0.39, 0.29) is 34.5 Å². The fourth-order valence-electron chi connectivity index (χ4n) is 3.96. The van der Waals surface area contributed by atoms with E-state index < -0.39 is 10.0 Å². The van der Waals surface area contributed by atoms with Crippen LogP contribution in [0.1, 0.15) is 18.1 Å². The van der Waals surface area contributed by atoms with Crippen LogP contribution in [0.25, 0.3) is 6.08 Å². The van der Waals surface area contributed by atoms with Crippen molar-refractivity contribution in [3.63, 3.8) is 0 Å². The SMILES string of the molecule is C=C[C@@H]1CN(Cc2ccc(F)cc2)[C@@H](C)CN1C(=O)/C=C/c1cc(OC)c(Cl)cc1NS(C)(=O)=O. The van der Waals surface area contributed by atoms with Crippen LogP contribution in [0.4, 0.5) is 10.1 Å². The van der Waals surface area contributed by atoms with Gasteiger partial charge in [-0.2, -0.15) is 0 Å². The zero-order valence-corrected chi connectivity index (χ0v) is 21.4. The third kappa shape index (κ3) is 7.06. The lowest BCUT2D eigenvalue weighted by atomic mass is 10.0. The number of ether oxygens (including phenoxy) is 1. The third-order valence-corrected chi connectivity index (χ3v) is 6.67. The number of sulfonamides is 1. The second kappa shape index (κ2) is 11.2. The molecule has 0 bridgehead atoms. The van der Waals surface area contributed by atoms with Crippen LogP contribution in [-0.4, -0.2) is 62.7 Å². The number of halogens is 2. The summed E-state index contributed by atoms with van der Waals surface area (Å²) in [6.07, 6.45) is 5.70. The number of nitrogens with one attached hydrogen (secondary N) is 1. The Morgan fingerprint density at radius 1 is 1.29 bits per heavy atom. The average molecular weight is 522 g/mol. The molecule has 0 aromatic heterocycles. The molecule has 7 nitrogen and oxygen atoms in total. The number of piperazine rings is 1. The van der Waals surface area contributed by atoms with Gasteiger partial charge in [-0.1, -0.05) is 29.8 Å². The first kappa shape index (κ1) is 26.7. The number of carbonyl (C=O) groups is 1. The van der Waals surface area contributed by atoms with E-state index in [1.807, 2.05) is 6.92 Å². The van der Waals surface area contributed by atoms with Crippen LogP contribution >= 0.6 is 11.6 Å². The zero-order valence-electron chi connectivity index (χ0n) is 19.9. The number of hydrogen-bond donors (Lipinski definition) is 1. The van der Waals surface area contributed by atoms with Gasteiger partial charge in [0, 0.05) is 37.3 Å². The van der Waals surface area contributed by atoms with Crippen molar-refractivity contribution in [1.29, 1.82) is 0 Å². The monoisotopic (exact) mass is 521 g/mol. The summed E-state index contributed by atoms with van der Waals surface area (Å²) in [5.41, 5.74) is 1.66. The van der Waals surface area contributed by atoms with Gasteiger partial charge in [-0.15, -0.1) is 6.58 Å². The molecule has 2 aromatic rings. The molecule has 1 aliphatic rings. The maximum absolute atomic E-state index is 13.2. The lowest BCUT2D eigenvalue weighted by molar-refractivity contribution is -0.131. The summed E-state index contributed by atoms with van der Waals surface area (Å²) >= 11 is 6.15. The highest BCUT2D eigenvalue weighted by Gasteiger charge is 2.32. The first-order valence-electron chi connectivity index (χ1n) is 11.0. The molecular formula is C25H29ClFN3O4S. The van der Waals surface area contributed by atoms with Crippen molar-refractivity contribution >= 4 is 39.3 Å². The molecule has 3 rings (SSSR count). The van der Waals surface area contributed by atoms with E-state index in [0.717, 1.165) is 11.8 Å². The summed E-state index contributed by atoms with van der Waals surface area (Å²) in [7, 11) is -2.12. The van der Waals surface area contributed by atoms with Gasteiger partial charge in [0.05, 0.1) is 30.1 Å². The summed E-state index contributed by atoms with van der Waals surface area (Å²) in [5.74, 6) is -0.159. The van der Waals surface area contributed by atoms with Gasteiger partial charge in [0.25, 0.3) is 0 Å². The fourth-order valence-corrected chi connectivity index (χ4v) is 4.78. The molecule has 1 heterocycles. The summed E-state index contributed by atoms with van der Waals surface area (Å²) in [6.45, 7) is 7.62. The maximum atomic E-state index is 13.2. The highest BCUT2D eigenvalue weighted by molar-refractivity contribution is 7.92. The lowest BCUT2D eigenvalue weighted by Gasteiger charge is -2.44. The third-order valence-electron chi connectivity index (χ3n) is 5.79. The lowest BCUT2D eigenvalue weighted by Crippen LogP contribution is -2.57. The first-order chi connectivity index (χ1) is 16.5. The van der Waals surface area contributed by atoms with E-state index in [1.54, 1.807) is 29.2 Å². The van der Waals surface area contributed by atoms with E-state index in [0.29, 0.717) is 30.9 Å². The molecule has 2 atom stereocenters. The Morgan fingerprint density at radius 3 is 2.57 bits per heavy atom. The minimum absolute atomic E-state index is 0.0618. The van der Waals surface area contributed by atoms with Crippen molar-refractivity contribution < 1.29 is 22.3 Å². The van der Waals surface area contributed by atoms with Crippen molar-refractivity contribution in [3.8, 4) is 5.75 Å². The van der Waals surface area contributed by atoms with Crippen LogP contribution in [0, 0.1) is 5.82 Å². The molecule has 0 spiro atoms. The number of amides is 1. The van der Waals surface area contributed by atoms with Gasteiger partial charge < -0.3 is 9.64 Å². The van der Waals surface area contributed by atoms with Crippen LogP contribution in [0.3, 0.4) is 0 Å². The number of rotatable bonds is 8. The molecule has 1 fully saturated rings. The van der Waals surface area contributed by atoms with Crippen LogP contribution in [0.15, 0.2) is 55.1 Å². The van der Waals surface area contributed by atoms with Crippen LogP contribution in [-0.2, 0) is 21.4 Å². The van der Waals surface area contributed by atoms with Gasteiger partial charge in [-0.05, 0) is 42.8 Å². The van der Waals surface area contributed by atoms with Gasteiger partial charge in [0.1, 0.15) is 11.6 Å². The number of nitrogens with zero attached hydrogens (tertiary/aromatic N) is 2. The fraction of sp³-hybridized carbons (Fsp3) is 0.320. The Bertz CT molecular complexity index is 1220. The van der Waals surface area contributed by atoms with Crippen molar-refractivity contribution in [2.75, 3.05) is 31.2 Å². The molecule has 1 amide bonds. The number of methoxy groups -OCH3 is 1. The van der Waals surface area contributed by atoms with E-state index >= 15 is 0 Å². The molecule has 0 aliphatic carbocycles. The standard InChI is InChI=1S/C25H29ClFN3O4S/c1-5-21-16-29(15-18-6-9-20(27)10-7-18)17(2)14-30(21)25(31)11-8-19-12-24(34-3)22(26)13-23(19)28-35(4,32)33/h5-13,17,21,28H,1,14-16H2,2-4H3/b11-8+/t17-,21+/m0/s1. The van der Waals surface area contributed by atoms with Crippen molar-refractivity contribution in [2.45, 2.75) is 25.6 Å². The minimum atomic E-state index is -3.57. The summed E-state index contributed by atoms with van der Waals surface area (Å²) in [4.78, 5) is 17.1. The van der Waals surface area contributed by atoms with Gasteiger partial charge in [0.2, 0.25) is 15.9 Å². The number of benzene rings is 2. The Hall–Kier alpha value is -2.88. The molecule has 1 N–H and O–H groups in total. The number of anilines is 1. The Balaban J connectivity index is 1.78. The van der Waals surface area contributed by atoms with Crippen LogP contribution in [0.2, 0.25) is 5.02 Å². The molecule has 1 aliphatic heterocycles. The average Bonchev–Trinajstić information content (AvgIpc) is 2.79. The highest BCUT2D eigenvalue weighted by atomic mass is 35.5. The number of hydrogen-bond acceptors (Lipinski definition) is 5. The van der Waals surface area contributed by atoms with E-state index in [2.05, 4.69) is 16.2 Å². The molecule has 35 heavy (non-hydrogen) atoms. The number of carbonyl (C=O) groups excluding carboxylic acids is 1. The zero-order chi connectivity index (χ0) is 25.8. The van der Waals surface area contributed by atoms with Crippen molar-refractivity contribution in [3.05, 3.63) is 77.1 Å². The molecule has 0 radical (unpaired) electrons. The molecule has 2 aromatic carbocycles. The van der Waals surface area contributed by atoms with Gasteiger partial charge in [-0.25, -0.2) is 12.8 Å². The van der Waals surface area contributed by atoms with Crippen molar-refractivity contribution in [2.24, 2.45) is 0 Å². The van der Waals surface area contributed by atoms with E-state index in [4.69, 9.17) is 16.3 Å². The molecule has 10 heteroatoms. The van der Waals surface area contributed by atoms with Crippen LogP contribution < -0.4 is 9.46 Å². The smallest absolute Gasteiger partial charge is 0.247 e. The highest BCUT2D eigenvalue weighted by Crippen LogP contribution is 2.32. The molecular weight excluding hydrogens is 493 g/mol. The summed E-state index contributed by atoms with van der Waals surface area (Å²) < 4.78 is 44.4. The Morgan fingerprint density at radius 2 is 1.97 bits per heavy atom. The van der Waals surface area contributed by atoms with Crippen molar-refractivity contribution in [1.82, 2.24) is 9.80 Å². The van der Waals surface area contributed by atoms with E-state index in [9.17, 15) is 17.6 Å². The summed E-state index contributed by atoms with van der Waals surface area (Å²) in [5, 5.41) is 0.236. The first-order valence-corrected chi connectivity index (χ1v) is 13.2. The second-order valence-corrected chi connectivity index (χ2v) is 10.6. The predicted molar refractivity (Wildman–Crippen MR) is 137 cm³/mol. The second-order valence-electron chi connectivity index (χ2n) is 8.48. The van der Waals surface area contributed by atoms with Gasteiger partial charge in [0.15, 0.2) is 0 Å². The van der Waals surface area contributed by atoms with Gasteiger partial charge in [-0.3, -0.25) is 14.4 Å². The normalized spacial score (nSPS) is 19.1. The Labute approximate surface area is 210 Å². The van der Waals surface area contributed by atoms with E-state index in [1.165, 1.54) is 37.5 Å². The quantitative estimate of drug-likeness (QED) is 0.417. The minimum Gasteiger partial charge on any atom is -0.495 e. The van der Waals surface area contributed by atoms with Crippen LogP contribution in [0.5, 0.6) is 5.75 Å². The largest absolute Gasteiger partial charge is 0.495 e. The Kier molecular flexibility index (Phi) is 8.58.